The van der Waals surface area contributed by atoms with Crippen LogP contribution < -0.4 is 10.2 Å². The zero-order valence-corrected chi connectivity index (χ0v) is 29.2. The summed E-state index contributed by atoms with van der Waals surface area (Å²) in [5.41, 5.74) is 1.76. The third-order valence-electron chi connectivity index (χ3n) is 10.0. The number of aliphatic hydroxyl groups is 1. The van der Waals surface area contributed by atoms with Crippen LogP contribution in [0.2, 0.25) is 0 Å². The average Bonchev–Trinajstić information content (AvgIpc) is 3.65. The molecule has 0 aliphatic carbocycles. The van der Waals surface area contributed by atoms with Crippen LogP contribution in [0.15, 0.2) is 71.2 Å². The van der Waals surface area contributed by atoms with Gasteiger partial charge in [-0.3, -0.25) is 19.2 Å². The van der Waals surface area contributed by atoms with Crippen molar-refractivity contribution >= 4 is 45.3 Å². The first-order valence-electron chi connectivity index (χ1n) is 16.5. The van der Waals surface area contributed by atoms with Gasteiger partial charge < -0.3 is 29.7 Å². The van der Waals surface area contributed by atoms with E-state index in [1.165, 1.54) is 4.90 Å². The number of nitrogens with one attached hydrogen (secondary N) is 1. The Kier molecular flexibility index (Phi) is 9.66. The van der Waals surface area contributed by atoms with Gasteiger partial charge in [0.1, 0.15) is 24.4 Å². The van der Waals surface area contributed by atoms with E-state index in [0.29, 0.717) is 16.6 Å². The highest BCUT2D eigenvalue weighted by molar-refractivity contribution is 9.11. The van der Waals surface area contributed by atoms with E-state index in [9.17, 15) is 19.5 Å². The van der Waals surface area contributed by atoms with Gasteiger partial charge >= 0.3 is 5.97 Å². The van der Waals surface area contributed by atoms with Crippen molar-refractivity contribution < 1.29 is 33.8 Å². The van der Waals surface area contributed by atoms with E-state index in [2.05, 4.69) is 21.2 Å². The molecule has 11 heteroatoms. The molecule has 10 nitrogen and oxygen atoms in total. The molecule has 0 saturated carbocycles. The number of anilines is 1. The highest BCUT2D eigenvalue weighted by Gasteiger charge is 2.75. The molecule has 5 bridgehead atoms. The molecule has 4 heterocycles. The number of likely N-dealkylation sites (tertiary alicyclic amines) is 1. The molecule has 2 fully saturated rings. The Morgan fingerprint density at radius 1 is 1.04 bits per heavy atom. The second-order valence-electron chi connectivity index (χ2n) is 13.5. The summed E-state index contributed by atoms with van der Waals surface area (Å²) in [5, 5.41) is 13.7. The number of aryl methyl sites for hydroxylation is 2. The Morgan fingerprint density at radius 2 is 1.79 bits per heavy atom. The topological polar surface area (TPSA) is 125 Å². The van der Waals surface area contributed by atoms with Gasteiger partial charge in [-0.2, -0.15) is 0 Å². The van der Waals surface area contributed by atoms with Gasteiger partial charge in [0, 0.05) is 23.1 Å². The standard InChI is InChI=1S/C37H42BrN3O7/c1-21(2)28(19-42)41-33-36(46)40(27-17-22(3)14-15-23(27)4)16-10-6-9-13-29(43)47-20-26(24-11-7-5-8-12-24)39-34(44)30-31(35(41)45)37(33)18-25(38)32(30)48-37/h5-8,10-12,14-15,17-18,21,26,28,30-33,42H,9,13,16,19-20H2,1-4H3,(H,39,44)/b10-6-/t26-,28-,30-,31+,32-,33-,37+/m0/s1. The number of cyclic esters (lactones) is 1. The number of carbonyl (C=O) groups excluding carboxylic acids is 4. The van der Waals surface area contributed by atoms with Gasteiger partial charge in [0.05, 0.1) is 30.5 Å². The number of fused-ring (bicyclic) bond motifs is 2. The van der Waals surface area contributed by atoms with Crippen LogP contribution in [0.25, 0.3) is 0 Å². The number of carbonyl (C=O) groups is 4. The fourth-order valence-corrected chi connectivity index (χ4v) is 8.34. The van der Waals surface area contributed by atoms with Crippen molar-refractivity contribution in [1.29, 1.82) is 0 Å². The van der Waals surface area contributed by atoms with E-state index in [4.69, 9.17) is 9.47 Å². The Morgan fingerprint density at radius 3 is 2.50 bits per heavy atom. The summed E-state index contributed by atoms with van der Waals surface area (Å²) in [6, 6.07) is 12.5. The van der Waals surface area contributed by atoms with Gasteiger partial charge in [-0.1, -0.05) is 84.4 Å². The molecule has 4 aliphatic rings. The number of halogens is 1. The molecule has 2 N–H and O–H groups in total. The number of ether oxygens (including phenoxy) is 2. The second kappa shape index (κ2) is 13.6. The Labute approximate surface area is 289 Å². The summed E-state index contributed by atoms with van der Waals surface area (Å²) in [6.45, 7) is 7.36. The van der Waals surface area contributed by atoms with Crippen molar-refractivity contribution in [2.75, 3.05) is 24.7 Å². The molecule has 0 aromatic heterocycles. The fraction of sp³-hybridized carbons (Fsp3) is 0.459. The number of hydrogen-bond acceptors (Lipinski definition) is 7. The SMILES string of the molecule is Cc1ccc(C)c(N2C/C=C\CCC(=O)OC[C@@H](c3ccccc3)NC(=O)[C@@H]3[C@H]4O[C@@]5(C=C4Br)[C@H](C2=O)N([C@@H](CO)C(C)C)C(=O)[C@@H]35)c1. The van der Waals surface area contributed by atoms with E-state index in [1.54, 1.807) is 11.0 Å². The molecule has 7 atom stereocenters. The molecule has 4 aliphatic heterocycles. The summed E-state index contributed by atoms with van der Waals surface area (Å²) in [4.78, 5) is 60.2. The third-order valence-corrected chi connectivity index (χ3v) is 10.7. The molecular weight excluding hydrogens is 678 g/mol. The predicted molar refractivity (Wildman–Crippen MR) is 183 cm³/mol. The fourth-order valence-electron chi connectivity index (χ4n) is 7.60. The molecule has 2 saturated heterocycles. The first-order chi connectivity index (χ1) is 23.0. The first kappa shape index (κ1) is 34.1. The molecule has 0 unspecified atom stereocenters. The number of benzene rings is 2. The minimum absolute atomic E-state index is 0.0924. The number of nitrogens with zero attached hydrogens (tertiary/aromatic N) is 2. The van der Waals surface area contributed by atoms with Crippen LogP contribution >= 0.6 is 15.9 Å². The zero-order chi connectivity index (χ0) is 34.3. The van der Waals surface area contributed by atoms with Crippen LogP contribution in [0.3, 0.4) is 0 Å². The number of esters is 1. The highest BCUT2D eigenvalue weighted by Crippen LogP contribution is 2.59. The minimum Gasteiger partial charge on any atom is -0.463 e. The van der Waals surface area contributed by atoms with Crippen LogP contribution in [-0.2, 0) is 28.7 Å². The quantitative estimate of drug-likeness (QED) is 0.349. The Balaban J connectivity index is 1.51. The number of amides is 3. The van der Waals surface area contributed by atoms with Crippen molar-refractivity contribution in [2.45, 2.75) is 70.4 Å². The molecule has 2 aromatic rings. The van der Waals surface area contributed by atoms with Crippen molar-refractivity contribution in [3.63, 3.8) is 0 Å². The molecule has 6 rings (SSSR count). The summed E-state index contributed by atoms with van der Waals surface area (Å²) in [7, 11) is 0. The maximum atomic E-state index is 15.2. The second-order valence-corrected chi connectivity index (χ2v) is 14.4. The van der Waals surface area contributed by atoms with Crippen molar-refractivity contribution in [1.82, 2.24) is 10.2 Å². The van der Waals surface area contributed by atoms with Crippen LogP contribution in [0.4, 0.5) is 5.69 Å². The third kappa shape index (κ3) is 5.90. The van der Waals surface area contributed by atoms with Gasteiger partial charge in [-0.15, -0.1) is 0 Å². The van der Waals surface area contributed by atoms with Gasteiger partial charge in [-0.05, 0) is 55.0 Å². The maximum absolute atomic E-state index is 15.2. The van der Waals surface area contributed by atoms with Crippen molar-refractivity contribution in [3.8, 4) is 0 Å². The lowest BCUT2D eigenvalue weighted by atomic mass is 9.74. The largest absolute Gasteiger partial charge is 0.463 e. The van der Waals surface area contributed by atoms with E-state index >= 15 is 4.79 Å². The van der Waals surface area contributed by atoms with Gasteiger partial charge in [0.15, 0.2) is 0 Å². The van der Waals surface area contributed by atoms with Crippen LogP contribution in [0.1, 0.15) is 49.4 Å². The monoisotopic (exact) mass is 719 g/mol. The molecule has 1 spiro atoms. The number of rotatable bonds is 5. The van der Waals surface area contributed by atoms with E-state index in [0.717, 1.165) is 16.7 Å². The smallest absolute Gasteiger partial charge is 0.306 e. The maximum Gasteiger partial charge on any atom is 0.306 e. The molecular formula is C37H42BrN3O7. The van der Waals surface area contributed by atoms with E-state index < -0.39 is 59.5 Å². The minimum atomic E-state index is -1.47. The summed E-state index contributed by atoms with van der Waals surface area (Å²) in [6.07, 6.45) is 5.17. The molecule has 3 amide bonds. The molecule has 2 aromatic carbocycles. The molecule has 48 heavy (non-hydrogen) atoms. The lowest BCUT2D eigenvalue weighted by Gasteiger charge is -2.40. The van der Waals surface area contributed by atoms with E-state index in [1.807, 2.05) is 88.4 Å². The summed E-state index contributed by atoms with van der Waals surface area (Å²) in [5.74, 6) is -3.89. The summed E-state index contributed by atoms with van der Waals surface area (Å²) < 4.78 is 12.9. The van der Waals surface area contributed by atoms with Crippen LogP contribution in [0.5, 0.6) is 0 Å². The summed E-state index contributed by atoms with van der Waals surface area (Å²) >= 11 is 3.62. The van der Waals surface area contributed by atoms with Crippen LogP contribution in [-0.4, -0.2) is 77.2 Å². The number of allylic oxidation sites excluding steroid dienone is 1. The average molecular weight is 721 g/mol. The highest BCUT2D eigenvalue weighted by atomic mass is 79.9. The van der Waals surface area contributed by atoms with Gasteiger partial charge in [-0.25, -0.2) is 0 Å². The van der Waals surface area contributed by atoms with Gasteiger partial charge in [0.2, 0.25) is 11.8 Å². The van der Waals surface area contributed by atoms with E-state index in [-0.39, 0.29) is 38.0 Å². The van der Waals surface area contributed by atoms with Crippen LogP contribution in [0, 0.1) is 31.6 Å². The lowest BCUT2D eigenvalue weighted by molar-refractivity contribution is -0.147. The lowest BCUT2D eigenvalue weighted by Crippen LogP contribution is -2.59. The molecule has 254 valence electrons. The predicted octanol–water partition coefficient (Wildman–Crippen LogP) is 4.28. The first-order valence-corrected chi connectivity index (χ1v) is 17.3. The zero-order valence-electron chi connectivity index (χ0n) is 27.6. The number of aliphatic hydroxyl groups excluding tert-OH is 1. The van der Waals surface area contributed by atoms with Crippen molar-refractivity contribution in [2.24, 2.45) is 17.8 Å². The number of hydrogen-bond donors (Lipinski definition) is 2. The molecule has 0 radical (unpaired) electrons. The Bertz CT molecular complexity index is 1660. The Hall–Kier alpha value is -3.80. The van der Waals surface area contributed by atoms with Gasteiger partial charge in [0.25, 0.3) is 5.91 Å². The normalized spacial score (nSPS) is 30.6. The van der Waals surface area contributed by atoms with Crippen molar-refractivity contribution in [3.05, 3.63) is 87.9 Å².